The molecule has 3 nitrogen and oxygen atoms in total. The van der Waals surface area contributed by atoms with Crippen LogP contribution in [0.5, 0.6) is 0 Å². The molecule has 0 bridgehead atoms. The van der Waals surface area contributed by atoms with Crippen LogP contribution in [-0.2, 0) is 4.79 Å². The third-order valence-corrected chi connectivity index (χ3v) is 3.12. The van der Waals surface area contributed by atoms with E-state index in [9.17, 15) is 13.6 Å². The number of rotatable bonds is 3. The zero-order chi connectivity index (χ0) is 12.3. The Balaban J connectivity index is 2.52. The molecule has 0 aliphatic heterocycles. The molecular formula is C11H20F2N2O. The molecule has 1 saturated carbocycles. The summed E-state index contributed by atoms with van der Waals surface area (Å²) in [6.45, 7) is 1.56. The molecule has 0 aromatic carbocycles. The van der Waals surface area contributed by atoms with Crippen molar-refractivity contribution in [2.45, 2.75) is 38.7 Å². The van der Waals surface area contributed by atoms with Crippen LogP contribution in [0, 0.1) is 11.8 Å². The first-order valence-electron chi connectivity index (χ1n) is 5.68. The van der Waals surface area contributed by atoms with Crippen molar-refractivity contribution in [2.24, 2.45) is 17.6 Å². The Hall–Kier alpha value is -0.710. The lowest BCUT2D eigenvalue weighted by atomic mass is 9.79. The normalized spacial score (nSPS) is 30.5. The maximum atomic E-state index is 12.1. The van der Waals surface area contributed by atoms with Crippen molar-refractivity contribution in [1.82, 2.24) is 4.90 Å². The largest absolute Gasteiger partial charge is 0.340 e. The van der Waals surface area contributed by atoms with Gasteiger partial charge in [0.2, 0.25) is 5.91 Å². The Kier molecular flexibility index (Phi) is 4.65. The summed E-state index contributed by atoms with van der Waals surface area (Å²) in [5, 5.41) is 0. The zero-order valence-electron chi connectivity index (χ0n) is 9.83. The van der Waals surface area contributed by atoms with E-state index >= 15 is 0 Å². The van der Waals surface area contributed by atoms with E-state index in [1.807, 2.05) is 6.92 Å². The first kappa shape index (κ1) is 13.4. The molecule has 5 heteroatoms. The minimum Gasteiger partial charge on any atom is -0.340 e. The van der Waals surface area contributed by atoms with Gasteiger partial charge in [0, 0.05) is 19.0 Å². The van der Waals surface area contributed by atoms with Gasteiger partial charge in [-0.25, -0.2) is 8.78 Å². The fourth-order valence-electron chi connectivity index (χ4n) is 2.47. The second kappa shape index (κ2) is 5.57. The third kappa shape index (κ3) is 3.70. The van der Waals surface area contributed by atoms with Crippen LogP contribution >= 0.6 is 0 Å². The van der Waals surface area contributed by atoms with E-state index in [-0.39, 0.29) is 17.9 Å². The molecule has 1 rings (SSSR count). The molecule has 3 unspecified atom stereocenters. The first-order chi connectivity index (χ1) is 7.40. The van der Waals surface area contributed by atoms with Crippen LogP contribution in [0.25, 0.3) is 0 Å². The van der Waals surface area contributed by atoms with E-state index in [0.29, 0.717) is 12.3 Å². The molecule has 1 fully saturated rings. The van der Waals surface area contributed by atoms with Crippen LogP contribution in [0.15, 0.2) is 0 Å². The van der Waals surface area contributed by atoms with Crippen LogP contribution in [0.1, 0.15) is 26.2 Å². The van der Waals surface area contributed by atoms with Crippen LogP contribution in [0.4, 0.5) is 8.78 Å². The molecule has 0 aromatic heterocycles. The van der Waals surface area contributed by atoms with Crippen molar-refractivity contribution < 1.29 is 13.6 Å². The van der Waals surface area contributed by atoms with Crippen molar-refractivity contribution in [1.29, 1.82) is 0 Å². The lowest BCUT2D eigenvalue weighted by Crippen LogP contribution is -2.42. The molecule has 94 valence electrons. The summed E-state index contributed by atoms with van der Waals surface area (Å²) >= 11 is 0. The molecule has 1 amide bonds. The predicted octanol–water partition coefficient (Wildman–Crippen LogP) is 1.47. The summed E-state index contributed by atoms with van der Waals surface area (Å²) in [6.07, 6.45) is -0.164. The number of nitrogens with zero attached hydrogens (tertiary/aromatic N) is 1. The molecule has 1 aliphatic rings. The smallest absolute Gasteiger partial charge is 0.255 e. The Morgan fingerprint density at radius 3 is 2.56 bits per heavy atom. The van der Waals surface area contributed by atoms with Gasteiger partial charge in [-0.05, 0) is 25.2 Å². The summed E-state index contributed by atoms with van der Waals surface area (Å²) in [7, 11) is 1.43. The van der Waals surface area contributed by atoms with Gasteiger partial charge in [0.25, 0.3) is 6.43 Å². The summed E-state index contributed by atoms with van der Waals surface area (Å²) in [5.41, 5.74) is 5.84. The number of carbonyl (C=O) groups excluding carboxylic acids is 1. The highest BCUT2D eigenvalue weighted by molar-refractivity contribution is 5.78. The van der Waals surface area contributed by atoms with Crippen LogP contribution in [-0.4, -0.2) is 36.9 Å². The van der Waals surface area contributed by atoms with Crippen molar-refractivity contribution in [3.63, 3.8) is 0 Å². The monoisotopic (exact) mass is 234 g/mol. The summed E-state index contributed by atoms with van der Waals surface area (Å²) in [6, 6.07) is 0.0256. The quantitative estimate of drug-likeness (QED) is 0.804. The number of halogens is 2. The van der Waals surface area contributed by atoms with Gasteiger partial charge in [-0.15, -0.1) is 0 Å². The standard InChI is InChI=1S/C11H20F2N2O/c1-7-3-8(5-9(14)4-7)11(16)15(2)6-10(12)13/h7-10H,3-6,14H2,1-2H3. The Labute approximate surface area is 95.0 Å². The molecule has 2 N–H and O–H groups in total. The maximum absolute atomic E-state index is 12.1. The highest BCUT2D eigenvalue weighted by atomic mass is 19.3. The first-order valence-corrected chi connectivity index (χ1v) is 5.68. The van der Waals surface area contributed by atoms with Gasteiger partial charge in [0.15, 0.2) is 0 Å². The average Bonchev–Trinajstić information content (AvgIpc) is 2.13. The molecule has 1 aliphatic carbocycles. The lowest BCUT2D eigenvalue weighted by molar-refractivity contribution is -0.137. The molecule has 0 saturated heterocycles. The molecule has 0 spiro atoms. The van der Waals surface area contributed by atoms with Gasteiger partial charge in [0.05, 0.1) is 6.54 Å². The Bertz CT molecular complexity index is 238. The molecule has 16 heavy (non-hydrogen) atoms. The number of amides is 1. The highest BCUT2D eigenvalue weighted by Gasteiger charge is 2.31. The molecular weight excluding hydrogens is 214 g/mol. The summed E-state index contributed by atoms with van der Waals surface area (Å²) < 4.78 is 24.3. The van der Waals surface area contributed by atoms with Crippen molar-refractivity contribution in [3.8, 4) is 0 Å². The number of hydrogen-bond donors (Lipinski definition) is 1. The number of alkyl halides is 2. The van der Waals surface area contributed by atoms with Gasteiger partial charge in [-0.1, -0.05) is 6.92 Å². The third-order valence-electron chi connectivity index (χ3n) is 3.12. The average molecular weight is 234 g/mol. The topological polar surface area (TPSA) is 46.3 Å². The minimum absolute atomic E-state index is 0.0256. The van der Waals surface area contributed by atoms with Crippen molar-refractivity contribution in [2.75, 3.05) is 13.6 Å². The van der Waals surface area contributed by atoms with E-state index in [0.717, 1.165) is 17.7 Å². The molecule has 0 radical (unpaired) electrons. The number of nitrogens with two attached hydrogens (primary N) is 1. The van der Waals surface area contributed by atoms with E-state index in [2.05, 4.69) is 0 Å². The Morgan fingerprint density at radius 2 is 2.06 bits per heavy atom. The van der Waals surface area contributed by atoms with Gasteiger partial charge in [0.1, 0.15) is 0 Å². The zero-order valence-corrected chi connectivity index (χ0v) is 9.83. The SMILES string of the molecule is CC1CC(N)CC(C(=O)N(C)CC(F)F)C1. The van der Waals surface area contributed by atoms with Crippen molar-refractivity contribution >= 4 is 5.91 Å². The van der Waals surface area contributed by atoms with Gasteiger partial charge in [-0.3, -0.25) is 4.79 Å². The van der Waals surface area contributed by atoms with Gasteiger partial charge >= 0.3 is 0 Å². The minimum atomic E-state index is -2.47. The molecule has 0 aromatic rings. The second-order valence-corrected chi connectivity index (χ2v) is 4.88. The van der Waals surface area contributed by atoms with Crippen LogP contribution in [0.3, 0.4) is 0 Å². The van der Waals surface area contributed by atoms with Crippen LogP contribution < -0.4 is 5.73 Å². The van der Waals surface area contributed by atoms with Crippen LogP contribution in [0.2, 0.25) is 0 Å². The lowest BCUT2D eigenvalue weighted by Gasteiger charge is -2.32. The van der Waals surface area contributed by atoms with Gasteiger partial charge < -0.3 is 10.6 Å². The maximum Gasteiger partial charge on any atom is 0.255 e. The predicted molar refractivity (Wildman–Crippen MR) is 58.1 cm³/mol. The van der Waals surface area contributed by atoms with E-state index < -0.39 is 13.0 Å². The van der Waals surface area contributed by atoms with Gasteiger partial charge in [-0.2, -0.15) is 0 Å². The van der Waals surface area contributed by atoms with E-state index in [1.165, 1.54) is 7.05 Å². The highest BCUT2D eigenvalue weighted by Crippen LogP contribution is 2.29. The second-order valence-electron chi connectivity index (χ2n) is 4.88. The Morgan fingerprint density at radius 1 is 1.44 bits per heavy atom. The number of carbonyl (C=O) groups is 1. The van der Waals surface area contributed by atoms with Crippen molar-refractivity contribution in [3.05, 3.63) is 0 Å². The fourth-order valence-corrected chi connectivity index (χ4v) is 2.47. The fraction of sp³-hybridized carbons (Fsp3) is 0.909. The van der Waals surface area contributed by atoms with E-state index in [4.69, 9.17) is 5.73 Å². The summed E-state index contributed by atoms with van der Waals surface area (Å²) in [4.78, 5) is 13.0. The molecule has 3 atom stereocenters. The summed E-state index contributed by atoms with van der Waals surface area (Å²) in [5.74, 6) is 0.0300. The van der Waals surface area contributed by atoms with E-state index in [1.54, 1.807) is 0 Å². The molecule has 0 heterocycles. The number of hydrogen-bond acceptors (Lipinski definition) is 2.